The van der Waals surface area contributed by atoms with Gasteiger partial charge in [-0.05, 0) is 29.7 Å². The number of piperazine rings is 1. The lowest BCUT2D eigenvalue weighted by molar-refractivity contribution is -0.133. The maximum absolute atomic E-state index is 12.9. The van der Waals surface area contributed by atoms with E-state index in [1.165, 1.54) is 0 Å². The first-order valence-corrected chi connectivity index (χ1v) is 10.9. The van der Waals surface area contributed by atoms with Crippen LogP contribution in [0, 0.1) is 0 Å². The van der Waals surface area contributed by atoms with E-state index in [9.17, 15) is 4.79 Å². The van der Waals surface area contributed by atoms with Gasteiger partial charge in [-0.25, -0.2) is 0 Å². The number of amides is 1. The van der Waals surface area contributed by atoms with Crippen LogP contribution < -0.4 is 14.2 Å². The van der Waals surface area contributed by atoms with Crippen molar-refractivity contribution >= 4 is 28.4 Å². The number of aromatic nitrogens is 1. The van der Waals surface area contributed by atoms with Crippen LogP contribution in [0.5, 0.6) is 17.2 Å². The van der Waals surface area contributed by atoms with Gasteiger partial charge in [0.15, 0.2) is 11.5 Å². The summed E-state index contributed by atoms with van der Waals surface area (Å²) in [6, 6.07) is 11.6. The Hall–Kier alpha value is -2.90. The lowest BCUT2D eigenvalue weighted by Gasteiger charge is -2.35. The summed E-state index contributed by atoms with van der Waals surface area (Å²) >= 11 is 6.13. The van der Waals surface area contributed by atoms with Crippen LogP contribution in [0.15, 0.2) is 42.6 Å². The Morgan fingerprint density at radius 1 is 0.938 bits per heavy atom. The maximum atomic E-state index is 12.9. The number of hydrogen-bond acceptors (Lipinski definition) is 5. The molecule has 32 heavy (non-hydrogen) atoms. The van der Waals surface area contributed by atoms with Gasteiger partial charge in [0.25, 0.3) is 0 Å². The molecule has 1 aliphatic rings. The SMILES string of the molecule is COc1ccc(CN2CCN(C(=O)Cn3ccc4ccc(Cl)cc43)CC2)c(OC)c1OC. The maximum Gasteiger partial charge on any atom is 0.242 e. The van der Waals surface area contributed by atoms with E-state index in [1.807, 2.05) is 52.1 Å². The topological polar surface area (TPSA) is 56.2 Å². The first kappa shape index (κ1) is 22.3. The zero-order valence-electron chi connectivity index (χ0n) is 18.6. The summed E-state index contributed by atoms with van der Waals surface area (Å²) < 4.78 is 18.4. The lowest BCUT2D eigenvalue weighted by Crippen LogP contribution is -2.49. The van der Waals surface area contributed by atoms with Crippen LogP contribution in [-0.4, -0.2) is 67.8 Å². The number of benzene rings is 2. The van der Waals surface area contributed by atoms with Crippen LogP contribution in [0.4, 0.5) is 0 Å². The molecule has 0 N–H and O–H groups in total. The third-order valence-electron chi connectivity index (χ3n) is 5.95. The number of hydrogen-bond donors (Lipinski definition) is 0. The molecule has 2 heterocycles. The molecule has 4 rings (SSSR count). The highest BCUT2D eigenvalue weighted by molar-refractivity contribution is 6.31. The number of methoxy groups -OCH3 is 3. The minimum absolute atomic E-state index is 0.117. The van der Waals surface area contributed by atoms with Gasteiger partial charge in [0.1, 0.15) is 6.54 Å². The summed E-state index contributed by atoms with van der Waals surface area (Å²) in [5.41, 5.74) is 2.01. The molecule has 3 aromatic rings. The summed E-state index contributed by atoms with van der Waals surface area (Å²) in [5.74, 6) is 2.04. The highest BCUT2D eigenvalue weighted by Crippen LogP contribution is 2.40. The number of ether oxygens (including phenoxy) is 3. The van der Waals surface area contributed by atoms with Crippen molar-refractivity contribution in [1.29, 1.82) is 0 Å². The van der Waals surface area contributed by atoms with E-state index in [0.29, 0.717) is 48.5 Å². The minimum Gasteiger partial charge on any atom is -0.493 e. The molecule has 0 spiro atoms. The third-order valence-corrected chi connectivity index (χ3v) is 6.18. The van der Waals surface area contributed by atoms with Gasteiger partial charge in [0.05, 0.1) is 21.3 Å². The van der Waals surface area contributed by atoms with Gasteiger partial charge < -0.3 is 23.7 Å². The molecule has 1 aliphatic heterocycles. The molecule has 1 fully saturated rings. The zero-order valence-corrected chi connectivity index (χ0v) is 19.4. The molecule has 1 aromatic heterocycles. The minimum atomic E-state index is 0.117. The van der Waals surface area contributed by atoms with Crippen LogP contribution in [0.2, 0.25) is 5.02 Å². The average molecular weight is 458 g/mol. The fraction of sp³-hybridized carbons (Fsp3) is 0.375. The van der Waals surface area contributed by atoms with Gasteiger partial charge in [-0.1, -0.05) is 23.7 Å². The number of fused-ring (bicyclic) bond motifs is 1. The van der Waals surface area contributed by atoms with Crippen LogP contribution in [0.3, 0.4) is 0 Å². The van der Waals surface area contributed by atoms with Crippen molar-refractivity contribution in [3.05, 3.63) is 53.2 Å². The van der Waals surface area contributed by atoms with Crippen molar-refractivity contribution in [2.24, 2.45) is 0 Å². The summed E-state index contributed by atoms with van der Waals surface area (Å²) in [7, 11) is 4.85. The number of halogens is 1. The van der Waals surface area contributed by atoms with E-state index in [0.717, 1.165) is 29.6 Å². The van der Waals surface area contributed by atoms with Crippen molar-refractivity contribution in [2.45, 2.75) is 13.1 Å². The van der Waals surface area contributed by atoms with E-state index >= 15 is 0 Å². The molecule has 8 heteroatoms. The van der Waals surface area contributed by atoms with Crippen LogP contribution in [0.1, 0.15) is 5.56 Å². The van der Waals surface area contributed by atoms with E-state index in [1.54, 1.807) is 21.3 Å². The smallest absolute Gasteiger partial charge is 0.242 e. The van der Waals surface area contributed by atoms with E-state index in [2.05, 4.69) is 4.90 Å². The summed E-state index contributed by atoms with van der Waals surface area (Å²) in [6.07, 6.45) is 1.94. The Bertz CT molecular complexity index is 1110. The van der Waals surface area contributed by atoms with Crippen molar-refractivity contribution in [3.8, 4) is 17.2 Å². The summed E-state index contributed by atoms with van der Waals surface area (Å²) in [6.45, 7) is 3.99. The highest BCUT2D eigenvalue weighted by atomic mass is 35.5. The van der Waals surface area contributed by atoms with Gasteiger partial charge in [-0.15, -0.1) is 0 Å². The van der Waals surface area contributed by atoms with E-state index < -0.39 is 0 Å². The lowest BCUT2D eigenvalue weighted by atomic mass is 10.1. The highest BCUT2D eigenvalue weighted by Gasteiger charge is 2.24. The Kier molecular flexibility index (Phi) is 6.77. The Labute approximate surface area is 193 Å². The molecule has 1 amide bonds. The fourth-order valence-electron chi connectivity index (χ4n) is 4.22. The number of carbonyl (C=O) groups excluding carboxylic acids is 1. The Morgan fingerprint density at radius 2 is 1.69 bits per heavy atom. The first-order valence-electron chi connectivity index (χ1n) is 10.6. The summed E-state index contributed by atoms with van der Waals surface area (Å²) in [5, 5.41) is 1.75. The molecule has 0 atom stereocenters. The second kappa shape index (κ2) is 9.71. The van der Waals surface area contributed by atoms with Crippen LogP contribution in [-0.2, 0) is 17.9 Å². The molecule has 170 valence electrons. The average Bonchev–Trinajstić information content (AvgIpc) is 3.20. The van der Waals surface area contributed by atoms with Gasteiger partial charge in [-0.3, -0.25) is 9.69 Å². The molecule has 0 unspecified atom stereocenters. The molecule has 0 radical (unpaired) electrons. The van der Waals surface area contributed by atoms with Gasteiger partial charge in [0, 0.05) is 55.0 Å². The quantitative estimate of drug-likeness (QED) is 0.542. The normalized spacial score (nSPS) is 14.6. The Balaban J connectivity index is 1.38. The van der Waals surface area contributed by atoms with E-state index in [4.69, 9.17) is 25.8 Å². The molecular formula is C24H28ClN3O4. The molecule has 0 bridgehead atoms. The number of rotatable bonds is 7. The summed E-state index contributed by atoms with van der Waals surface area (Å²) in [4.78, 5) is 17.2. The zero-order chi connectivity index (χ0) is 22.7. The van der Waals surface area contributed by atoms with Crippen molar-refractivity contribution in [3.63, 3.8) is 0 Å². The largest absolute Gasteiger partial charge is 0.493 e. The molecule has 7 nitrogen and oxygen atoms in total. The fourth-order valence-corrected chi connectivity index (χ4v) is 4.39. The molecule has 0 aliphatic carbocycles. The van der Waals surface area contributed by atoms with Gasteiger partial charge in [0.2, 0.25) is 11.7 Å². The van der Waals surface area contributed by atoms with E-state index in [-0.39, 0.29) is 5.91 Å². The third kappa shape index (κ3) is 4.49. The van der Waals surface area contributed by atoms with Gasteiger partial charge >= 0.3 is 0 Å². The van der Waals surface area contributed by atoms with Crippen molar-refractivity contribution in [1.82, 2.24) is 14.4 Å². The van der Waals surface area contributed by atoms with Crippen LogP contribution in [0.25, 0.3) is 10.9 Å². The predicted molar refractivity (Wildman–Crippen MR) is 125 cm³/mol. The number of carbonyl (C=O) groups is 1. The molecule has 0 saturated carbocycles. The molecule has 2 aromatic carbocycles. The predicted octanol–water partition coefficient (Wildman–Crippen LogP) is 3.66. The monoisotopic (exact) mass is 457 g/mol. The second-order valence-corrected chi connectivity index (χ2v) is 8.23. The second-order valence-electron chi connectivity index (χ2n) is 7.80. The standard InChI is InChI=1S/C24H28ClN3O4/c1-30-21-7-5-18(23(31-2)24(21)32-3)15-26-10-12-27(13-11-26)22(29)16-28-9-8-17-4-6-19(25)14-20(17)28/h4-9,14H,10-13,15-16H2,1-3H3. The van der Waals surface area contributed by atoms with Gasteiger partial charge in [-0.2, -0.15) is 0 Å². The first-order chi connectivity index (χ1) is 15.5. The van der Waals surface area contributed by atoms with Crippen molar-refractivity contribution in [2.75, 3.05) is 47.5 Å². The Morgan fingerprint density at radius 3 is 2.38 bits per heavy atom. The molecular weight excluding hydrogens is 430 g/mol. The van der Waals surface area contributed by atoms with Crippen LogP contribution >= 0.6 is 11.6 Å². The molecule has 1 saturated heterocycles. The van der Waals surface area contributed by atoms with Crippen molar-refractivity contribution < 1.29 is 19.0 Å². The number of nitrogens with zero attached hydrogens (tertiary/aromatic N) is 3.